The Kier molecular flexibility index (Phi) is 6.68. The minimum atomic E-state index is -1.54. The van der Waals surface area contributed by atoms with E-state index in [1.54, 1.807) is 48.5 Å². The van der Waals surface area contributed by atoms with Crippen molar-refractivity contribution in [3.05, 3.63) is 48.5 Å². The van der Waals surface area contributed by atoms with Gasteiger partial charge in [-0.05, 0) is 23.8 Å². The van der Waals surface area contributed by atoms with Gasteiger partial charge in [-0.2, -0.15) is 0 Å². The topological polar surface area (TPSA) is 146 Å². The minimum absolute atomic E-state index is 0.344. The molecule has 0 amide bonds. The van der Waals surface area contributed by atoms with Crippen molar-refractivity contribution < 1.29 is 44.5 Å². The van der Waals surface area contributed by atoms with Gasteiger partial charge in [0.05, 0.1) is 6.61 Å². The molecule has 9 heteroatoms. The van der Waals surface area contributed by atoms with Crippen molar-refractivity contribution in [2.45, 2.75) is 30.7 Å². The van der Waals surface area contributed by atoms with Crippen molar-refractivity contribution in [2.24, 2.45) is 0 Å². The molecule has 5 N–H and O–H groups in total. The summed E-state index contributed by atoms with van der Waals surface area (Å²) in [5, 5.41) is 48.0. The summed E-state index contributed by atoms with van der Waals surface area (Å²) in [6, 6.07) is 13.6. The standard InChI is InChI=1S/C20H22O9/c21-9-15-17(24)18(25)19(26)20(29-15)28-14-4-2-1-3-13(14)11-5-7-12(8-6-11)27-10-16(22)23/h1-8,15,17-21,24-26H,9-10H2,(H,22,23). The molecule has 29 heavy (non-hydrogen) atoms. The molecule has 0 bridgehead atoms. The number of aliphatic carboxylic acids is 1. The lowest BCUT2D eigenvalue weighted by atomic mass is 9.99. The molecule has 1 fully saturated rings. The summed E-state index contributed by atoms with van der Waals surface area (Å²) in [5.74, 6) is -0.341. The van der Waals surface area contributed by atoms with Crippen LogP contribution in [0.4, 0.5) is 0 Å². The molecule has 0 radical (unpaired) electrons. The molecule has 0 spiro atoms. The quantitative estimate of drug-likeness (QED) is 0.429. The number of carbonyl (C=O) groups is 1. The lowest BCUT2D eigenvalue weighted by Crippen LogP contribution is -2.60. The van der Waals surface area contributed by atoms with E-state index in [0.29, 0.717) is 17.1 Å². The van der Waals surface area contributed by atoms with Crippen LogP contribution >= 0.6 is 0 Å². The Balaban J connectivity index is 1.79. The number of rotatable bonds is 7. The summed E-state index contributed by atoms with van der Waals surface area (Å²) in [6.07, 6.45) is -6.90. The number of hydrogen-bond donors (Lipinski definition) is 5. The largest absolute Gasteiger partial charge is 0.482 e. The van der Waals surface area contributed by atoms with Crippen LogP contribution in [0.1, 0.15) is 0 Å². The number of hydrogen-bond acceptors (Lipinski definition) is 8. The molecule has 5 unspecified atom stereocenters. The highest BCUT2D eigenvalue weighted by Gasteiger charge is 2.44. The predicted octanol–water partition coefficient (Wildman–Crippen LogP) is -0.00430. The van der Waals surface area contributed by atoms with E-state index in [1.807, 2.05) is 0 Å². The smallest absolute Gasteiger partial charge is 0.341 e. The molecule has 5 atom stereocenters. The molecule has 156 valence electrons. The summed E-state index contributed by atoms with van der Waals surface area (Å²) in [7, 11) is 0. The zero-order chi connectivity index (χ0) is 21.0. The van der Waals surface area contributed by atoms with Crippen molar-refractivity contribution in [2.75, 3.05) is 13.2 Å². The Morgan fingerprint density at radius 3 is 2.31 bits per heavy atom. The first-order valence-corrected chi connectivity index (χ1v) is 8.92. The van der Waals surface area contributed by atoms with Crippen LogP contribution in [0.2, 0.25) is 0 Å². The van der Waals surface area contributed by atoms with Gasteiger partial charge < -0.3 is 39.7 Å². The molecule has 1 aliphatic heterocycles. The zero-order valence-corrected chi connectivity index (χ0v) is 15.3. The lowest BCUT2D eigenvalue weighted by molar-refractivity contribution is -0.277. The maximum Gasteiger partial charge on any atom is 0.341 e. The van der Waals surface area contributed by atoms with Crippen LogP contribution < -0.4 is 9.47 Å². The monoisotopic (exact) mass is 406 g/mol. The van der Waals surface area contributed by atoms with Gasteiger partial charge in [0.2, 0.25) is 6.29 Å². The molecule has 0 saturated carbocycles. The third kappa shape index (κ3) is 4.84. The average molecular weight is 406 g/mol. The van der Waals surface area contributed by atoms with Crippen LogP contribution in [0.25, 0.3) is 11.1 Å². The van der Waals surface area contributed by atoms with Crippen molar-refractivity contribution in [3.8, 4) is 22.6 Å². The number of para-hydroxylation sites is 1. The first-order valence-electron chi connectivity index (χ1n) is 8.92. The van der Waals surface area contributed by atoms with E-state index in [0.717, 1.165) is 5.56 Å². The molecule has 2 aromatic carbocycles. The molecule has 9 nitrogen and oxygen atoms in total. The summed E-state index contributed by atoms with van der Waals surface area (Å²) >= 11 is 0. The van der Waals surface area contributed by atoms with E-state index in [4.69, 9.17) is 19.3 Å². The van der Waals surface area contributed by atoms with Crippen molar-refractivity contribution in [3.63, 3.8) is 0 Å². The Bertz CT molecular complexity index is 821. The van der Waals surface area contributed by atoms with E-state index in [1.165, 1.54) is 0 Å². The highest BCUT2D eigenvalue weighted by Crippen LogP contribution is 2.33. The second-order valence-corrected chi connectivity index (χ2v) is 6.52. The first kappa shape index (κ1) is 21.0. The highest BCUT2D eigenvalue weighted by molar-refractivity contribution is 5.71. The number of benzene rings is 2. The molecule has 0 aromatic heterocycles. The van der Waals surface area contributed by atoms with Crippen LogP contribution in [-0.4, -0.2) is 75.4 Å². The molecule has 1 heterocycles. The highest BCUT2D eigenvalue weighted by atomic mass is 16.7. The predicted molar refractivity (Wildman–Crippen MR) is 99.4 cm³/mol. The third-order valence-electron chi connectivity index (χ3n) is 4.51. The van der Waals surface area contributed by atoms with Gasteiger partial charge in [0.25, 0.3) is 0 Å². The average Bonchev–Trinajstić information content (AvgIpc) is 2.73. The van der Waals surface area contributed by atoms with Gasteiger partial charge >= 0.3 is 5.97 Å². The molecular formula is C20H22O9. The van der Waals surface area contributed by atoms with Crippen LogP contribution in [0, 0.1) is 0 Å². The van der Waals surface area contributed by atoms with Crippen molar-refractivity contribution in [1.82, 2.24) is 0 Å². The molecule has 0 aliphatic carbocycles. The van der Waals surface area contributed by atoms with Gasteiger partial charge in [-0.15, -0.1) is 0 Å². The molecule has 2 aromatic rings. The van der Waals surface area contributed by atoms with Crippen LogP contribution in [-0.2, 0) is 9.53 Å². The molecule has 1 saturated heterocycles. The van der Waals surface area contributed by atoms with E-state index in [-0.39, 0.29) is 0 Å². The van der Waals surface area contributed by atoms with E-state index >= 15 is 0 Å². The molecule has 1 aliphatic rings. The summed E-state index contributed by atoms with van der Waals surface area (Å²) in [4.78, 5) is 10.6. The number of ether oxygens (including phenoxy) is 3. The van der Waals surface area contributed by atoms with E-state index in [2.05, 4.69) is 0 Å². The SMILES string of the molecule is O=C(O)COc1ccc(-c2ccccc2OC2OC(CO)C(O)C(O)C2O)cc1. The second-order valence-electron chi connectivity index (χ2n) is 6.52. The normalized spacial score (nSPS) is 26.7. The minimum Gasteiger partial charge on any atom is -0.482 e. The number of aliphatic hydroxyl groups is 4. The maximum absolute atomic E-state index is 10.6. The van der Waals surface area contributed by atoms with Gasteiger partial charge in [0.1, 0.15) is 35.9 Å². The van der Waals surface area contributed by atoms with Gasteiger partial charge in [-0.25, -0.2) is 4.79 Å². The Hall–Kier alpha value is -2.69. The Labute approximate surface area is 166 Å². The fourth-order valence-electron chi connectivity index (χ4n) is 2.97. The Morgan fingerprint density at radius 2 is 1.66 bits per heavy atom. The molecular weight excluding hydrogens is 384 g/mol. The summed E-state index contributed by atoms with van der Waals surface area (Å²) in [6.45, 7) is -1.000. The second kappa shape index (κ2) is 9.21. The number of carboxylic acid groups (broad SMARTS) is 1. The van der Waals surface area contributed by atoms with E-state index < -0.39 is 49.9 Å². The fraction of sp³-hybridized carbons (Fsp3) is 0.350. The fourth-order valence-corrected chi connectivity index (χ4v) is 2.97. The van der Waals surface area contributed by atoms with Crippen molar-refractivity contribution in [1.29, 1.82) is 0 Å². The van der Waals surface area contributed by atoms with Crippen LogP contribution in [0.5, 0.6) is 11.5 Å². The lowest BCUT2D eigenvalue weighted by Gasteiger charge is -2.39. The first-order chi connectivity index (χ1) is 13.9. The van der Waals surface area contributed by atoms with Gasteiger partial charge in [0.15, 0.2) is 6.61 Å². The van der Waals surface area contributed by atoms with Crippen molar-refractivity contribution >= 4 is 5.97 Å². The summed E-state index contributed by atoms with van der Waals surface area (Å²) in [5.41, 5.74) is 1.38. The summed E-state index contributed by atoms with van der Waals surface area (Å²) < 4.78 is 16.3. The van der Waals surface area contributed by atoms with Crippen LogP contribution in [0.3, 0.4) is 0 Å². The third-order valence-corrected chi connectivity index (χ3v) is 4.51. The molecule has 3 rings (SSSR count). The number of aliphatic hydroxyl groups excluding tert-OH is 4. The maximum atomic E-state index is 10.6. The van der Waals surface area contributed by atoms with E-state index in [9.17, 15) is 25.2 Å². The van der Waals surface area contributed by atoms with Gasteiger partial charge in [-0.1, -0.05) is 30.3 Å². The zero-order valence-electron chi connectivity index (χ0n) is 15.3. The van der Waals surface area contributed by atoms with Gasteiger partial charge in [-0.3, -0.25) is 0 Å². The van der Waals surface area contributed by atoms with Gasteiger partial charge in [0, 0.05) is 5.56 Å². The Morgan fingerprint density at radius 1 is 0.966 bits per heavy atom. The van der Waals surface area contributed by atoms with Crippen LogP contribution in [0.15, 0.2) is 48.5 Å². The number of carboxylic acids is 1.